The van der Waals surface area contributed by atoms with E-state index in [9.17, 15) is 14.7 Å². The molecular formula is C13H17N3O3. The Bertz CT molecular complexity index is 463. The van der Waals surface area contributed by atoms with Crippen LogP contribution in [-0.4, -0.2) is 39.6 Å². The van der Waals surface area contributed by atoms with E-state index in [2.05, 4.69) is 10.3 Å². The first-order chi connectivity index (χ1) is 9.09. The average molecular weight is 263 g/mol. The largest absolute Gasteiger partial charge is 0.480 e. The Morgan fingerprint density at radius 2 is 2.32 bits per heavy atom. The second-order valence-electron chi connectivity index (χ2n) is 4.77. The van der Waals surface area contributed by atoms with E-state index in [-0.39, 0.29) is 11.9 Å². The number of pyridine rings is 1. The minimum Gasteiger partial charge on any atom is -0.480 e. The number of hydrogen-bond donors (Lipinski definition) is 2. The van der Waals surface area contributed by atoms with Crippen molar-refractivity contribution < 1.29 is 14.7 Å². The van der Waals surface area contributed by atoms with Crippen LogP contribution in [-0.2, 0) is 4.79 Å². The van der Waals surface area contributed by atoms with Crippen molar-refractivity contribution in [3.8, 4) is 0 Å². The van der Waals surface area contributed by atoms with E-state index in [1.165, 1.54) is 11.1 Å². The number of likely N-dealkylation sites (tertiary alicyclic amines) is 1. The van der Waals surface area contributed by atoms with Gasteiger partial charge in [-0.25, -0.2) is 9.59 Å². The van der Waals surface area contributed by atoms with Gasteiger partial charge in [-0.3, -0.25) is 4.98 Å². The smallest absolute Gasteiger partial charge is 0.326 e. The van der Waals surface area contributed by atoms with Gasteiger partial charge in [0.2, 0.25) is 0 Å². The summed E-state index contributed by atoms with van der Waals surface area (Å²) < 4.78 is 0. The fraction of sp³-hybridized carbons (Fsp3) is 0.462. The zero-order valence-electron chi connectivity index (χ0n) is 10.7. The minimum absolute atomic E-state index is 0.0362. The molecule has 2 rings (SSSR count). The monoisotopic (exact) mass is 263 g/mol. The summed E-state index contributed by atoms with van der Waals surface area (Å²) in [5, 5.41) is 11.9. The second kappa shape index (κ2) is 5.69. The summed E-state index contributed by atoms with van der Waals surface area (Å²) >= 11 is 0. The Balaban J connectivity index is 2.10. The molecule has 2 amide bonds. The van der Waals surface area contributed by atoms with Crippen molar-refractivity contribution in [3.63, 3.8) is 0 Å². The maximum atomic E-state index is 12.2. The van der Waals surface area contributed by atoms with E-state index in [0.717, 1.165) is 12.8 Å². The van der Waals surface area contributed by atoms with Gasteiger partial charge in [-0.2, -0.15) is 0 Å². The van der Waals surface area contributed by atoms with Crippen LogP contribution < -0.4 is 5.32 Å². The van der Waals surface area contributed by atoms with Crippen LogP contribution in [0.4, 0.5) is 10.5 Å². The summed E-state index contributed by atoms with van der Waals surface area (Å²) in [4.78, 5) is 28.7. The third-order valence-electron chi connectivity index (χ3n) is 3.36. The molecule has 0 aliphatic carbocycles. The normalized spacial score (nSPS) is 22.9. The molecule has 1 saturated heterocycles. The first-order valence-corrected chi connectivity index (χ1v) is 6.30. The molecular weight excluding hydrogens is 246 g/mol. The average Bonchev–Trinajstić information content (AvgIpc) is 2.39. The van der Waals surface area contributed by atoms with Crippen molar-refractivity contribution in [3.05, 3.63) is 24.5 Å². The molecule has 2 N–H and O–H groups in total. The quantitative estimate of drug-likeness (QED) is 0.852. The van der Waals surface area contributed by atoms with E-state index < -0.39 is 12.0 Å². The highest BCUT2D eigenvalue weighted by atomic mass is 16.4. The van der Waals surface area contributed by atoms with Gasteiger partial charge in [0.25, 0.3) is 0 Å². The molecule has 1 aromatic heterocycles. The number of aliphatic carboxylic acids is 1. The molecule has 0 radical (unpaired) electrons. The zero-order chi connectivity index (χ0) is 13.8. The summed E-state index contributed by atoms with van der Waals surface area (Å²) in [5.74, 6) is -0.987. The third-order valence-corrected chi connectivity index (χ3v) is 3.36. The maximum Gasteiger partial charge on any atom is 0.326 e. The topological polar surface area (TPSA) is 82.5 Å². The van der Waals surface area contributed by atoms with Crippen molar-refractivity contribution in [2.45, 2.75) is 25.8 Å². The van der Waals surface area contributed by atoms with Crippen LogP contribution in [0.2, 0.25) is 0 Å². The third kappa shape index (κ3) is 3.01. The highest BCUT2D eigenvalue weighted by molar-refractivity contribution is 5.92. The molecule has 0 spiro atoms. The van der Waals surface area contributed by atoms with Crippen LogP contribution in [0.1, 0.15) is 19.8 Å². The van der Waals surface area contributed by atoms with Crippen LogP contribution in [0.15, 0.2) is 24.5 Å². The number of urea groups is 1. The van der Waals surface area contributed by atoms with Crippen molar-refractivity contribution in [1.29, 1.82) is 0 Å². The molecule has 0 bridgehead atoms. The van der Waals surface area contributed by atoms with Crippen LogP contribution in [0, 0.1) is 5.92 Å². The van der Waals surface area contributed by atoms with Crippen LogP contribution >= 0.6 is 0 Å². The van der Waals surface area contributed by atoms with E-state index in [1.807, 2.05) is 6.92 Å². The fourth-order valence-electron chi connectivity index (χ4n) is 2.42. The van der Waals surface area contributed by atoms with Gasteiger partial charge in [0.15, 0.2) is 0 Å². The Morgan fingerprint density at radius 1 is 1.53 bits per heavy atom. The summed E-state index contributed by atoms with van der Waals surface area (Å²) in [6.45, 7) is 2.33. The number of carbonyl (C=O) groups is 2. The number of carboxylic acids is 1. The lowest BCUT2D eigenvalue weighted by Gasteiger charge is -2.37. The SMILES string of the molecule is CC1CCCN(C(=O)Nc2cccnc2)C1C(=O)O. The fourth-order valence-corrected chi connectivity index (χ4v) is 2.42. The number of hydrogen-bond acceptors (Lipinski definition) is 3. The maximum absolute atomic E-state index is 12.2. The minimum atomic E-state index is -0.950. The van der Waals surface area contributed by atoms with Gasteiger partial charge in [-0.1, -0.05) is 6.92 Å². The van der Waals surface area contributed by atoms with Gasteiger partial charge in [0.05, 0.1) is 11.9 Å². The van der Waals surface area contributed by atoms with Gasteiger partial charge in [-0.05, 0) is 30.9 Å². The number of carbonyl (C=O) groups excluding carboxylic acids is 1. The summed E-state index contributed by atoms with van der Waals surface area (Å²) in [7, 11) is 0. The van der Waals surface area contributed by atoms with Crippen molar-refractivity contribution >= 4 is 17.7 Å². The number of amides is 2. The molecule has 19 heavy (non-hydrogen) atoms. The molecule has 1 fully saturated rings. The Morgan fingerprint density at radius 3 is 2.95 bits per heavy atom. The number of anilines is 1. The van der Waals surface area contributed by atoms with E-state index in [0.29, 0.717) is 12.2 Å². The van der Waals surface area contributed by atoms with Gasteiger partial charge >= 0.3 is 12.0 Å². The molecule has 0 saturated carbocycles. The Labute approximate surface area is 111 Å². The molecule has 102 valence electrons. The van der Waals surface area contributed by atoms with Crippen molar-refractivity contribution in [1.82, 2.24) is 9.88 Å². The highest BCUT2D eigenvalue weighted by Crippen LogP contribution is 2.24. The molecule has 0 aromatic carbocycles. The second-order valence-corrected chi connectivity index (χ2v) is 4.77. The summed E-state index contributed by atoms with van der Waals surface area (Å²) in [6, 6.07) is 2.29. The number of nitrogens with zero attached hydrogens (tertiary/aromatic N) is 2. The lowest BCUT2D eigenvalue weighted by molar-refractivity contribution is -0.145. The first kappa shape index (κ1) is 13.3. The highest BCUT2D eigenvalue weighted by Gasteiger charge is 2.37. The Hall–Kier alpha value is -2.11. The van der Waals surface area contributed by atoms with E-state index >= 15 is 0 Å². The van der Waals surface area contributed by atoms with Gasteiger partial charge in [-0.15, -0.1) is 0 Å². The molecule has 1 aliphatic heterocycles. The number of aromatic nitrogens is 1. The van der Waals surface area contributed by atoms with Crippen molar-refractivity contribution in [2.75, 3.05) is 11.9 Å². The molecule has 2 heterocycles. The summed E-state index contributed by atoms with van der Waals surface area (Å²) in [5.41, 5.74) is 0.565. The van der Waals surface area contributed by atoms with Gasteiger partial charge < -0.3 is 15.3 Å². The van der Waals surface area contributed by atoms with Gasteiger partial charge in [0, 0.05) is 12.7 Å². The predicted molar refractivity (Wildman–Crippen MR) is 69.8 cm³/mol. The Kier molecular flexibility index (Phi) is 3.99. The lowest BCUT2D eigenvalue weighted by Crippen LogP contribution is -2.53. The molecule has 1 aromatic rings. The predicted octanol–water partition coefficient (Wildman–Crippen LogP) is 1.80. The van der Waals surface area contributed by atoms with Crippen LogP contribution in [0.25, 0.3) is 0 Å². The standard InChI is InChI=1S/C13H17N3O3/c1-9-4-3-7-16(11(9)12(17)18)13(19)15-10-5-2-6-14-8-10/h2,5-6,8-9,11H,3-4,7H2,1H3,(H,15,19)(H,17,18). The van der Waals surface area contributed by atoms with E-state index in [4.69, 9.17) is 0 Å². The number of rotatable bonds is 2. The molecule has 2 atom stereocenters. The van der Waals surface area contributed by atoms with Gasteiger partial charge in [0.1, 0.15) is 6.04 Å². The molecule has 1 aliphatic rings. The lowest BCUT2D eigenvalue weighted by atomic mass is 9.91. The van der Waals surface area contributed by atoms with Crippen molar-refractivity contribution in [2.24, 2.45) is 5.92 Å². The summed E-state index contributed by atoms with van der Waals surface area (Å²) in [6.07, 6.45) is 4.79. The van der Waals surface area contributed by atoms with Crippen LogP contribution in [0.5, 0.6) is 0 Å². The number of nitrogens with one attached hydrogen (secondary N) is 1. The number of piperidine rings is 1. The molecule has 2 unspecified atom stereocenters. The molecule has 6 nitrogen and oxygen atoms in total. The first-order valence-electron chi connectivity index (χ1n) is 6.30. The van der Waals surface area contributed by atoms with E-state index in [1.54, 1.807) is 18.3 Å². The zero-order valence-corrected chi connectivity index (χ0v) is 10.7. The van der Waals surface area contributed by atoms with Crippen LogP contribution in [0.3, 0.4) is 0 Å². The number of carboxylic acid groups (broad SMARTS) is 1. The molecule has 6 heteroatoms.